The standard InChI is InChI=1S/C27H58N.ClH/c1-6-8-10-12-14-15-16-17-18-19-20-22-24-26-28(4,5)27(3)25-23-21-13-11-9-7-2;/h27H,6-26H2,1-5H3;1H/q+1;/p-1. The van der Waals surface area contributed by atoms with Crippen molar-refractivity contribution in [2.45, 2.75) is 155 Å². The van der Waals surface area contributed by atoms with Gasteiger partial charge < -0.3 is 16.9 Å². The zero-order chi connectivity index (χ0) is 20.9. The molecular weight excluding hydrogens is 374 g/mol. The van der Waals surface area contributed by atoms with E-state index in [0.29, 0.717) is 0 Å². The molecule has 29 heavy (non-hydrogen) atoms. The molecule has 0 saturated carbocycles. The molecule has 2 heteroatoms. The van der Waals surface area contributed by atoms with Gasteiger partial charge in [0.2, 0.25) is 0 Å². The van der Waals surface area contributed by atoms with E-state index in [1.807, 2.05) is 0 Å². The third-order valence-corrected chi connectivity index (χ3v) is 7.01. The van der Waals surface area contributed by atoms with Crippen molar-refractivity contribution in [3.05, 3.63) is 0 Å². The Morgan fingerprint density at radius 2 is 0.793 bits per heavy atom. The molecule has 0 radical (unpaired) electrons. The van der Waals surface area contributed by atoms with E-state index in [9.17, 15) is 0 Å². The molecule has 1 unspecified atom stereocenters. The molecule has 0 saturated heterocycles. The second-order valence-corrected chi connectivity index (χ2v) is 10.2. The highest BCUT2D eigenvalue weighted by atomic mass is 35.5. The smallest absolute Gasteiger partial charge is 0.0857 e. The zero-order valence-corrected chi connectivity index (χ0v) is 22.0. The van der Waals surface area contributed by atoms with Gasteiger partial charge in [-0.05, 0) is 32.6 Å². The average Bonchev–Trinajstić information content (AvgIpc) is 2.68. The monoisotopic (exact) mass is 431 g/mol. The highest BCUT2D eigenvalue weighted by Crippen LogP contribution is 2.18. The summed E-state index contributed by atoms with van der Waals surface area (Å²) in [6, 6.07) is 0.823. The number of halogens is 1. The summed E-state index contributed by atoms with van der Waals surface area (Å²) in [5.74, 6) is 0. The van der Waals surface area contributed by atoms with E-state index < -0.39 is 0 Å². The van der Waals surface area contributed by atoms with Crippen molar-refractivity contribution in [1.82, 2.24) is 0 Å². The summed E-state index contributed by atoms with van der Waals surface area (Å²) in [6.07, 6.45) is 28.9. The number of unbranched alkanes of at least 4 members (excludes halogenated alkanes) is 17. The van der Waals surface area contributed by atoms with Gasteiger partial charge in [0.25, 0.3) is 0 Å². The van der Waals surface area contributed by atoms with Crippen LogP contribution in [-0.4, -0.2) is 31.2 Å². The Morgan fingerprint density at radius 3 is 1.17 bits per heavy atom. The molecule has 0 amide bonds. The molecule has 0 aromatic carbocycles. The number of rotatable bonds is 22. The normalized spacial score (nSPS) is 12.7. The van der Waals surface area contributed by atoms with Crippen LogP contribution in [0, 0.1) is 0 Å². The summed E-state index contributed by atoms with van der Waals surface area (Å²) in [5, 5.41) is 0. The minimum Gasteiger partial charge on any atom is -1.00 e. The Bertz CT molecular complexity index is 303. The van der Waals surface area contributed by atoms with Crippen molar-refractivity contribution in [2.24, 2.45) is 0 Å². The van der Waals surface area contributed by atoms with Gasteiger partial charge in [0, 0.05) is 0 Å². The molecule has 0 spiro atoms. The first-order chi connectivity index (χ1) is 13.5. The van der Waals surface area contributed by atoms with Crippen LogP contribution in [-0.2, 0) is 0 Å². The van der Waals surface area contributed by atoms with Crippen LogP contribution in [0.2, 0.25) is 0 Å². The van der Waals surface area contributed by atoms with Crippen LogP contribution in [0.15, 0.2) is 0 Å². The molecule has 0 rings (SSSR count). The molecule has 0 aliphatic heterocycles. The van der Waals surface area contributed by atoms with Gasteiger partial charge in [-0.25, -0.2) is 0 Å². The lowest BCUT2D eigenvalue weighted by atomic mass is 10.0. The lowest BCUT2D eigenvalue weighted by Crippen LogP contribution is -3.00. The lowest BCUT2D eigenvalue weighted by molar-refractivity contribution is -0.913. The number of hydrogen-bond acceptors (Lipinski definition) is 0. The van der Waals surface area contributed by atoms with Crippen molar-refractivity contribution in [1.29, 1.82) is 0 Å². The molecule has 1 nitrogen and oxygen atoms in total. The number of nitrogens with zero attached hydrogens (tertiary/aromatic N) is 1. The van der Waals surface area contributed by atoms with Gasteiger partial charge in [0.15, 0.2) is 0 Å². The van der Waals surface area contributed by atoms with Gasteiger partial charge in [0.1, 0.15) is 0 Å². The molecule has 0 aromatic rings. The third kappa shape index (κ3) is 21.3. The Morgan fingerprint density at radius 1 is 0.483 bits per heavy atom. The molecular formula is C27H58ClN. The van der Waals surface area contributed by atoms with Gasteiger partial charge >= 0.3 is 0 Å². The van der Waals surface area contributed by atoms with E-state index in [0.717, 1.165) is 6.04 Å². The molecule has 0 aromatic heterocycles. The topological polar surface area (TPSA) is 0 Å². The lowest BCUT2D eigenvalue weighted by Gasteiger charge is -2.36. The Hall–Kier alpha value is 0.250. The van der Waals surface area contributed by atoms with Gasteiger partial charge in [-0.2, -0.15) is 0 Å². The van der Waals surface area contributed by atoms with Crippen LogP contribution >= 0.6 is 0 Å². The summed E-state index contributed by atoms with van der Waals surface area (Å²) in [6.45, 7) is 8.46. The number of quaternary nitrogens is 1. The minimum atomic E-state index is 0. The Balaban J connectivity index is 0. The molecule has 0 bridgehead atoms. The van der Waals surface area contributed by atoms with Crippen molar-refractivity contribution < 1.29 is 16.9 Å². The maximum Gasteiger partial charge on any atom is 0.0857 e. The van der Waals surface area contributed by atoms with Gasteiger partial charge in [-0.1, -0.05) is 117 Å². The molecule has 0 fully saturated rings. The Labute approximate surface area is 192 Å². The summed E-state index contributed by atoms with van der Waals surface area (Å²) >= 11 is 0. The molecule has 0 aliphatic rings. The van der Waals surface area contributed by atoms with Crippen LogP contribution < -0.4 is 12.4 Å². The fraction of sp³-hybridized carbons (Fsp3) is 1.00. The Kier molecular flexibility index (Phi) is 24.9. The van der Waals surface area contributed by atoms with Gasteiger partial charge in [0.05, 0.1) is 26.7 Å². The van der Waals surface area contributed by atoms with Crippen LogP contribution in [0.1, 0.15) is 149 Å². The van der Waals surface area contributed by atoms with Gasteiger partial charge in [-0.15, -0.1) is 0 Å². The first kappa shape index (κ1) is 31.4. The minimum absolute atomic E-state index is 0. The average molecular weight is 432 g/mol. The summed E-state index contributed by atoms with van der Waals surface area (Å²) < 4.78 is 1.23. The fourth-order valence-corrected chi connectivity index (χ4v) is 4.33. The first-order valence-electron chi connectivity index (χ1n) is 13.4. The van der Waals surface area contributed by atoms with Crippen molar-refractivity contribution in [3.8, 4) is 0 Å². The summed E-state index contributed by atoms with van der Waals surface area (Å²) in [4.78, 5) is 0. The SMILES string of the molecule is CCCCCCCCCCCCCCC[N+](C)(C)C(C)CCCCCCCC.[Cl-]. The third-order valence-electron chi connectivity index (χ3n) is 7.01. The maximum atomic E-state index is 2.48. The second kappa shape index (κ2) is 22.9. The van der Waals surface area contributed by atoms with Crippen molar-refractivity contribution in [2.75, 3.05) is 20.6 Å². The highest BCUT2D eigenvalue weighted by molar-refractivity contribution is 4.55. The van der Waals surface area contributed by atoms with Crippen LogP contribution in [0.25, 0.3) is 0 Å². The summed E-state index contributed by atoms with van der Waals surface area (Å²) in [5.41, 5.74) is 0. The molecule has 0 aliphatic carbocycles. The predicted octanol–water partition coefficient (Wildman–Crippen LogP) is 6.30. The van der Waals surface area contributed by atoms with E-state index in [4.69, 9.17) is 0 Å². The van der Waals surface area contributed by atoms with Gasteiger partial charge in [-0.3, -0.25) is 0 Å². The zero-order valence-electron chi connectivity index (χ0n) is 21.3. The van der Waals surface area contributed by atoms with Crippen molar-refractivity contribution >= 4 is 0 Å². The van der Waals surface area contributed by atoms with Crippen molar-refractivity contribution in [3.63, 3.8) is 0 Å². The highest BCUT2D eigenvalue weighted by Gasteiger charge is 2.22. The van der Waals surface area contributed by atoms with E-state index in [1.165, 1.54) is 139 Å². The predicted molar refractivity (Wildman–Crippen MR) is 130 cm³/mol. The second-order valence-electron chi connectivity index (χ2n) is 10.2. The molecule has 178 valence electrons. The van der Waals surface area contributed by atoms with E-state index >= 15 is 0 Å². The quantitative estimate of drug-likeness (QED) is 0.139. The van der Waals surface area contributed by atoms with Crippen LogP contribution in [0.3, 0.4) is 0 Å². The number of hydrogen-bond donors (Lipinski definition) is 0. The molecule has 0 heterocycles. The van der Waals surface area contributed by atoms with E-state index in [2.05, 4.69) is 34.9 Å². The molecule has 1 atom stereocenters. The summed E-state index contributed by atoms with van der Waals surface area (Å²) in [7, 11) is 4.92. The maximum absolute atomic E-state index is 2.48. The van der Waals surface area contributed by atoms with Crippen LogP contribution in [0.4, 0.5) is 0 Å². The largest absolute Gasteiger partial charge is 1.00 e. The van der Waals surface area contributed by atoms with Crippen LogP contribution in [0.5, 0.6) is 0 Å². The first-order valence-corrected chi connectivity index (χ1v) is 13.4. The van der Waals surface area contributed by atoms with E-state index in [-0.39, 0.29) is 12.4 Å². The molecule has 0 N–H and O–H groups in total. The fourth-order valence-electron chi connectivity index (χ4n) is 4.33. The van der Waals surface area contributed by atoms with E-state index in [1.54, 1.807) is 0 Å².